The first kappa shape index (κ1) is 17.6. The van der Waals surface area contributed by atoms with Crippen LogP contribution >= 0.6 is 11.6 Å². The van der Waals surface area contributed by atoms with Gasteiger partial charge in [-0.05, 0) is 50.3 Å². The maximum atomic E-state index is 11.5. The summed E-state index contributed by atoms with van der Waals surface area (Å²) in [7, 11) is 0. The van der Waals surface area contributed by atoms with E-state index in [-0.39, 0.29) is 12.8 Å². The lowest BCUT2D eigenvalue weighted by molar-refractivity contribution is 0.223. The lowest BCUT2D eigenvalue weighted by Gasteiger charge is -2.17. The average molecular weight is 314 g/mol. The van der Waals surface area contributed by atoms with Gasteiger partial charge in [0.1, 0.15) is 5.75 Å². The number of benzene rings is 1. The molecule has 21 heavy (non-hydrogen) atoms. The molecule has 0 saturated carbocycles. The molecular formula is C15H24ClN3O2. The molecule has 1 aromatic carbocycles. The van der Waals surface area contributed by atoms with Crippen LogP contribution in [0, 0.1) is 0 Å². The summed E-state index contributed by atoms with van der Waals surface area (Å²) >= 11 is 5.77. The van der Waals surface area contributed by atoms with Gasteiger partial charge in [0.25, 0.3) is 0 Å². The predicted octanol–water partition coefficient (Wildman–Crippen LogP) is 2.71. The van der Waals surface area contributed by atoms with Gasteiger partial charge in [0.05, 0.1) is 0 Å². The molecule has 1 aromatic rings. The van der Waals surface area contributed by atoms with Crippen molar-refractivity contribution in [1.82, 2.24) is 15.5 Å². The van der Waals surface area contributed by atoms with Gasteiger partial charge in [-0.2, -0.15) is 0 Å². The summed E-state index contributed by atoms with van der Waals surface area (Å²) in [6, 6.07) is 6.77. The lowest BCUT2D eigenvalue weighted by Crippen LogP contribution is -2.39. The van der Waals surface area contributed by atoms with E-state index in [4.69, 9.17) is 16.3 Å². The molecule has 0 bridgehead atoms. The maximum absolute atomic E-state index is 11.5. The molecule has 6 heteroatoms. The third kappa shape index (κ3) is 7.78. The minimum Gasteiger partial charge on any atom is -0.473 e. The van der Waals surface area contributed by atoms with Gasteiger partial charge in [0.15, 0.2) is 6.73 Å². The molecule has 0 saturated heterocycles. The van der Waals surface area contributed by atoms with E-state index in [0.717, 1.165) is 26.1 Å². The fraction of sp³-hybridized carbons (Fsp3) is 0.533. The normalized spacial score (nSPS) is 10.5. The largest absolute Gasteiger partial charge is 0.473 e. The Bertz CT molecular complexity index is 408. The highest BCUT2D eigenvalue weighted by molar-refractivity contribution is 6.30. The molecule has 0 aliphatic rings. The second-order valence-electron chi connectivity index (χ2n) is 4.56. The summed E-state index contributed by atoms with van der Waals surface area (Å²) in [6.45, 7) is 8.13. The van der Waals surface area contributed by atoms with Crippen LogP contribution in [0.3, 0.4) is 0 Å². The van der Waals surface area contributed by atoms with Gasteiger partial charge in [-0.25, -0.2) is 4.79 Å². The fourth-order valence-corrected chi connectivity index (χ4v) is 1.95. The van der Waals surface area contributed by atoms with E-state index in [2.05, 4.69) is 29.4 Å². The summed E-state index contributed by atoms with van der Waals surface area (Å²) in [6.07, 6.45) is 0.938. The first-order chi connectivity index (χ1) is 10.2. The Morgan fingerprint density at radius 3 is 2.48 bits per heavy atom. The monoisotopic (exact) mass is 313 g/mol. The van der Waals surface area contributed by atoms with Crippen molar-refractivity contribution in [3.8, 4) is 5.75 Å². The van der Waals surface area contributed by atoms with Gasteiger partial charge in [-0.3, -0.25) is 0 Å². The number of nitrogens with one attached hydrogen (secondary N) is 2. The first-order valence-electron chi connectivity index (χ1n) is 7.28. The summed E-state index contributed by atoms with van der Waals surface area (Å²) in [5, 5.41) is 6.10. The Hall–Kier alpha value is -1.46. The molecule has 118 valence electrons. The molecule has 0 aliphatic heterocycles. The van der Waals surface area contributed by atoms with Crippen LogP contribution in [0.1, 0.15) is 20.3 Å². The number of halogens is 1. The maximum Gasteiger partial charge on any atom is 0.317 e. The van der Waals surface area contributed by atoms with E-state index in [9.17, 15) is 4.79 Å². The zero-order valence-corrected chi connectivity index (χ0v) is 13.4. The molecule has 0 fully saturated rings. The van der Waals surface area contributed by atoms with E-state index in [1.54, 1.807) is 24.3 Å². The molecule has 0 unspecified atom stereocenters. The van der Waals surface area contributed by atoms with Crippen LogP contribution < -0.4 is 15.4 Å². The van der Waals surface area contributed by atoms with Crippen LogP contribution in [0.25, 0.3) is 0 Å². The van der Waals surface area contributed by atoms with Crippen molar-refractivity contribution in [1.29, 1.82) is 0 Å². The fourth-order valence-electron chi connectivity index (χ4n) is 1.82. The number of amides is 2. The van der Waals surface area contributed by atoms with Crippen LogP contribution in [-0.4, -0.2) is 43.8 Å². The SMILES string of the molecule is CCN(CC)CCCNC(=O)NCOc1ccc(Cl)cc1. The van der Waals surface area contributed by atoms with Crippen LogP contribution in [0.5, 0.6) is 5.75 Å². The van der Waals surface area contributed by atoms with Gasteiger partial charge in [0.2, 0.25) is 0 Å². The second kappa shape index (κ2) is 10.3. The minimum atomic E-state index is -0.219. The number of hydrogen-bond donors (Lipinski definition) is 2. The van der Waals surface area contributed by atoms with E-state index < -0.39 is 0 Å². The number of urea groups is 1. The topological polar surface area (TPSA) is 53.6 Å². The average Bonchev–Trinajstić information content (AvgIpc) is 2.49. The van der Waals surface area contributed by atoms with E-state index in [1.165, 1.54) is 0 Å². The number of ether oxygens (including phenoxy) is 1. The van der Waals surface area contributed by atoms with Gasteiger partial charge in [0, 0.05) is 11.6 Å². The second-order valence-corrected chi connectivity index (χ2v) is 4.99. The summed E-state index contributed by atoms with van der Waals surface area (Å²) < 4.78 is 5.37. The van der Waals surface area contributed by atoms with E-state index in [1.807, 2.05) is 0 Å². The number of carbonyl (C=O) groups is 1. The summed E-state index contributed by atoms with van der Waals surface area (Å²) in [5.74, 6) is 0.668. The van der Waals surface area contributed by atoms with Gasteiger partial charge in [-0.15, -0.1) is 0 Å². The third-order valence-electron chi connectivity index (χ3n) is 3.12. The molecule has 1 rings (SSSR count). The van der Waals surface area contributed by atoms with Crippen molar-refractivity contribution in [3.63, 3.8) is 0 Å². The lowest BCUT2D eigenvalue weighted by atomic mass is 10.3. The van der Waals surface area contributed by atoms with Crippen molar-refractivity contribution in [3.05, 3.63) is 29.3 Å². The molecule has 0 radical (unpaired) electrons. The Balaban J connectivity index is 2.07. The number of rotatable bonds is 9. The number of carbonyl (C=O) groups excluding carboxylic acids is 1. The number of nitrogens with zero attached hydrogens (tertiary/aromatic N) is 1. The highest BCUT2D eigenvalue weighted by Crippen LogP contribution is 2.14. The van der Waals surface area contributed by atoms with Crippen LogP contribution in [0.2, 0.25) is 5.02 Å². The third-order valence-corrected chi connectivity index (χ3v) is 3.37. The predicted molar refractivity (Wildman–Crippen MR) is 85.9 cm³/mol. The van der Waals surface area contributed by atoms with Gasteiger partial charge in [-0.1, -0.05) is 25.4 Å². The zero-order chi connectivity index (χ0) is 15.5. The Kier molecular flexibility index (Phi) is 8.62. The molecular weight excluding hydrogens is 290 g/mol. The highest BCUT2D eigenvalue weighted by Gasteiger charge is 2.01. The van der Waals surface area contributed by atoms with Crippen molar-refractivity contribution in [2.24, 2.45) is 0 Å². The van der Waals surface area contributed by atoms with E-state index >= 15 is 0 Å². The Morgan fingerprint density at radius 1 is 1.19 bits per heavy atom. The Morgan fingerprint density at radius 2 is 1.86 bits per heavy atom. The smallest absolute Gasteiger partial charge is 0.317 e. The van der Waals surface area contributed by atoms with E-state index in [0.29, 0.717) is 17.3 Å². The molecule has 0 spiro atoms. The first-order valence-corrected chi connectivity index (χ1v) is 7.66. The van der Waals surface area contributed by atoms with Crippen LogP contribution in [0.15, 0.2) is 24.3 Å². The molecule has 2 amide bonds. The molecule has 2 N–H and O–H groups in total. The summed E-state index contributed by atoms with van der Waals surface area (Å²) in [5.41, 5.74) is 0. The van der Waals surface area contributed by atoms with Gasteiger partial charge >= 0.3 is 6.03 Å². The Labute approximate surface area is 131 Å². The quantitative estimate of drug-likeness (QED) is 0.544. The molecule has 0 aliphatic carbocycles. The minimum absolute atomic E-state index is 0.128. The van der Waals surface area contributed by atoms with Crippen LogP contribution in [0.4, 0.5) is 4.79 Å². The summed E-state index contributed by atoms with van der Waals surface area (Å²) in [4.78, 5) is 13.9. The molecule has 5 nitrogen and oxygen atoms in total. The van der Waals surface area contributed by atoms with Crippen molar-refractivity contribution in [2.75, 3.05) is 32.9 Å². The molecule has 0 aromatic heterocycles. The van der Waals surface area contributed by atoms with Crippen molar-refractivity contribution in [2.45, 2.75) is 20.3 Å². The molecule has 0 heterocycles. The highest BCUT2D eigenvalue weighted by atomic mass is 35.5. The van der Waals surface area contributed by atoms with Crippen molar-refractivity contribution < 1.29 is 9.53 Å². The number of hydrogen-bond acceptors (Lipinski definition) is 3. The van der Waals surface area contributed by atoms with Gasteiger partial charge < -0.3 is 20.3 Å². The van der Waals surface area contributed by atoms with Crippen LogP contribution in [-0.2, 0) is 0 Å². The molecule has 0 atom stereocenters. The zero-order valence-electron chi connectivity index (χ0n) is 12.7. The standard InChI is InChI=1S/C15H24ClN3O2/c1-3-19(4-2)11-5-10-17-15(20)18-12-21-14-8-6-13(16)7-9-14/h6-9H,3-5,10-12H2,1-2H3,(H2,17,18,20). The van der Waals surface area contributed by atoms with Crippen molar-refractivity contribution >= 4 is 17.6 Å².